The number of aryl methyl sites for hydroxylation is 1. The van der Waals surface area contributed by atoms with Crippen LogP contribution in [0.15, 0.2) is 79.1 Å². The molecule has 1 saturated heterocycles. The molecule has 0 aliphatic carbocycles. The van der Waals surface area contributed by atoms with Crippen molar-refractivity contribution < 1.29 is 14.3 Å². The number of piperazine rings is 1. The predicted molar refractivity (Wildman–Crippen MR) is 138 cm³/mol. The smallest absolute Gasteiger partial charge is 0.243 e. The Morgan fingerprint density at radius 1 is 0.833 bits per heavy atom. The molecule has 0 bridgehead atoms. The number of aromatic nitrogens is 2. The molecular weight excluding hydrogens is 452 g/mol. The van der Waals surface area contributed by atoms with Crippen LogP contribution >= 0.6 is 0 Å². The largest absolute Gasteiger partial charge is 0.376 e. The lowest BCUT2D eigenvalue weighted by Gasteiger charge is -2.29. The summed E-state index contributed by atoms with van der Waals surface area (Å²) in [7, 11) is 0. The van der Waals surface area contributed by atoms with Gasteiger partial charge in [-0.3, -0.25) is 14.6 Å². The number of rotatable bonds is 10. The van der Waals surface area contributed by atoms with Crippen LogP contribution < -0.4 is 10.6 Å². The third-order valence-electron chi connectivity index (χ3n) is 6.59. The lowest BCUT2D eigenvalue weighted by molar-refractivity contribution is -0.136. The van der Waals surface area contributed by atoms with Crippen molar-refractivity contribution >= 4 is 22.7 Å². The van der Waals surface area contributed by atoms with Gasteiger partial charge in [-0.05, 0) is 60.2 Å². The minimum Gasteiger partial charge on any atom is -0.376 e. The fraction of sp³-hybridized carbons (Fsp3) is 0.276. The normalized spacial score (nSPS) is 17.7. The Bertz CT molecular complexity index is 1320. The van der Waals surface area contributed by atoms with Crippen molar-refractivity contribution in [2.75, 3.05) is 6.61 Å². The molecule has 1 aliphatic rings. The number of H-pyrrole nitrogens is 1. The zero-order valence-electron chi connectivity index (χ0n) is 20.1. The van der Waals surface area contributed by atoms with Gasteiger partial charge in [0.05, 0.1) is 13.2 Å². The van der Waals surface area contributed by atoms with Gasteiger partial charge in [0.15, 0.2) is 0 Å². The second-order valence-electron chi connectivity index (χ2n) is 9.17. The van der Waals surface area contributed by atoms with Gasteiger partial charge >= 0.3 is 0 Å². The Labute approximate surface area is 210 Å². The van der Waals surface area contributed by atoms with Crippen LogP contribution in [-0.2, 0) is 40.2 Å². The average molecular weight is 483 g/mol. The van der Waals surface area contributed by atoms with E-state index in [2.05, 4.69) is 50.9 Å². The third kappa shape index (κ3) is 5.80. The summed E-state index contributed by atoms with van der Waals surface area (Å²) < 4.78 is 5.85. The number of nitrogens with zero attached hydrogens (tertiary/aromatic N) is 1. The van der Waals surface area contributed by atoms with Crippen molar-refractivity contribution in [1.29, 1.82) is 0 Å². The summed E-state index contributed by atoms with van der Waals surface area (Å²) >= 11 is 0. The third-order valence-corrected chi connectivity index (χ3v) is 6.59. The van der Waals surface area contributed by atoms with Crippen molar-refractivity contribution in [1.82, 2.24) is 20.6 Å². The second-order valence-corrected chi connectivity index (χ2v) is 9.17. The van der Waals surface area contributed by atoms with E-state index in [1.807, 2.05) is 42.6 Å². The minimum atomic E-state index is -0.594. The zero-order chi connectivity index (χ0) is 24.7. The molecule has 184 valence electrons. The number of pyridine rings is 1. The first kappa shape index (κ1) is 23.8. The first-order chi connectivity index (χ1) is 17.7. The molecule has 3 heterocycles. The molecule has 7 nitrogen and oxygen atoms in total. The van der Waals surface area contributed by atoms with E-state index in [0.717, 1.165) is 28.6 Å². The van der Waals surface area contributed by atoms with E-state index in [1.54, 1.807) is 6.20 Å². The molecule has 2 aromatic carbocycles. The number of fused-ring (bicyclic) bond motifs is 1. The van der Waals surface area contributed by atoms with Gasteiger partial charge in [0.2, 0.25) is 11.8 Å². The Morgan fingerprint density at radius 2 is 1.64 bits per heavy atom. The number of carbonyl (C=O) groups is 2. The molecule has 3 N–H and O–H groups in total. The number of aromatic amines is 1. The zero-order valence-corrected chi connectivity index (χ0v) is 20.1. The molecule has 5 rings (SSSR count). The van der Waals surface area contributed by atoms with E-state index in [1.165, 1.54) is 11.1 Å². The Balaban J connectivity index is 1.15. The maximum Gasteiger partial charge on any atom is 0.243 e. The molecule has 0 saturated carbocycles. The highest BCUT2D eigenvalue weighted by molar-refractivity contribution is 5.97. The van der Waals surface area contributed by atoms with Gasteiger partial charge in [-0.1, -0.05) is 42.5 Å². The molecule has 0 spiro atoms. The van der Waals surface area contributed by atoms with Crippen LogP contribution in [-0.4, -0.2) is 40.5 Å². The highest BCUT2D eigenvalue weighted by atomic mass is 16.5. The fourth-order valence-electron chi connectivity index (χ4n) is 4.59. The molecular formula is C29H30N4O3. The molecule has 4 aromatic rings. The van der Waals surface area contributed by atoms with E-state index < -0.39 is 12.1 Å². The number of carbonyl (C=O) groups excluding carboxylic acids is 2. The summed E-state index contributed by atoms with van der Waals surface area (Å²) in [5.41, 5.74) is 5.35. The lowest BCUT2D eigenvalue weighted by Crippen LogP contribution is -2.62. The average Bonchev–Trinajstić information content (AvgIpc) is 3.31. The van der Waals surface area contributed by atoms with E-state index in [4.69, 9.17) is 4.74 Å². The van der Waals surface area contributed by atoms with Crippen molar-refractivity contribution in [2.24, 2.45) is 0 Å². The fourth-order valence-corrected chi connectivity index (χ4v) is 4.59. The molecule has 36 heavy (non-hydrogen) atoms. The molecule has 0 unspecified atom stereocenters. The Morgan fingerprint density at radius 3 is 2.47 bits per heavy atom. The quantitative estimate of drug-likeness (QED) is 0.302. The monoisotopic (exact) mass is 482 g/mol. The highest BCUT2D eigenvalue weighted by Gasteiger charge is 2.33. The molecule has 1 aliphatic heterocycles. The van der Waals surface area contributed by atoms with Crippen LogP contribution in [0.4, 0.5) is 0 Å². The molecule has 2 aromatic heterocycles. The van der Waals surface area contributed by atoms with E-state index in [9.17, 15) is 9.59 Å². The number of hydrogen-bond acceptors (Lipinski definition) is 4. The topological polar surface area (TPSA) is 96.1 Å². The van der Waals surface area contributed by atoms with Crippen LogP contribution in [0.1, 0.15) is 28.8 Å². The van der Waals surface area contributed by atoms with Gasteiger partial charge in [-0.25, -0.2) is 0 Å². The summed E-state index contributed by atoms with van der Waals surface area (Å²) in [4.78, 5) is 32.9. The maximum absolute atomic E-state index is 12.7. The summed E-state index contributed by atoms with van der Waals surface area (Å²) in [5, 5.41) is 6.91. The highest BCUT2D eigenvalue weighted by Crippen LogP contribution is 2.22. The van der Waals surface area contributed by atoms with Crippen molar-refractivity contribution in [3.63, 3.8) is 0 Å². The summed E-state index contributed by atoms with van der Waals surface area (Å²) in [6.45, 7) is 1.25. The van der Waals surface area contributed by atoms with Crippen LogP contribution in [0.3, 0.4) is 0 Å². The van der Waals surface area contributed by atoms with E-state index in [0.29, 0.717) is 32.5 Å². The Kier molecular flexibility index (Phi) is 7.38. The van der Waals surface area contributed by atoms with Gasteiger partial charge in [0, 0.05) is 35.4 Å². The second kappa shape index (κ2) is 11.2. The van der Waals surface area contributed by atoms with Gasteiger partial charge in [0.25, 0.3) is 0 Å². The van der Waals surface area contributed by atoms with Gasteiger partial charge in [-0.2, -0.15) is 0 Å². The molecule has 0 radical (unpaired) electrons. The number of ether oxygens (including phenoxy) is 1. The molecule has 7 heteroatoms. The van der Waals surface area contributed by atoms with Crippen molar-refractivity contribution in [2.45, 2.75) is 44.4 Å². The number of nitrogens with one attached hydrogen (secondary N) is 3. The van der Waals surface area contributed by atoms with Crippen LogP contribution in [0.2, 0.25) is 0 Å². The molecule has 1 fully saturated rings. The van der Waals surface area contributed by atoms with Crippen LogP contribution in [0.25, 0.3) is 10.9 Å². The Hall–Kier alpha value is -3.97. The van der Waals surface area contributed by atoms with Gasteiger partial charge in [-0.15, -0.1) is 0 Å². The van der Waals surface area contributed by atoms with Crippen LogP contribution in [0, 0.1) is 0 Å². The van der Waals surface area contributed by atoms with Crippen molar-refractivity contribution in [3.8, 4) is 0 Å². The van der Waals surface area contributed by atoms with Crippen LogP contribution in [0.5, 0.6) is 0 Å². The first-order valence-corrected chi connectivity index (χ1v) is 12.4. The van der Waals surface area contributed by atoms with E-state index >= 15 is 0 Å². The minimum absolute atomic E-state index is 0.147. The van der Waals surface area contributed by atoms with Gasteiger partial charge < -0.3 is 20.4 Å². The summed E-state index contributed by atoms with van der Waals surface area (Å²) in [6, 6.07) is 21.0. The number of hydrogen-bond donors (Lipinski definition) is 3. The number of benzene rings is 2. The first-order valence-electron chi connectivity index (χ1n) is 12.4. The SMILES string of the molecule is O=C1N[C@H](CCc2c[nH]c3ccc(CCOCc4ccccc4)cc23)C(=O)N[C@H]1Cc1ccccn1. The molecule has 2 atom stereocenters. The predicted octanol–water partition coefficient (Wildman–Crippen LogP) is 3.48. The van der Waals surface area contributed by atoms with E-state index in [-0.39, 0.29) is 11.8 Å². The standard InChI is InChI=1S/C29H30N4O3/c34-28-26(32-29(35)27(33-28)17-23-8-4-5-14-30-23)12-10-22-18-31-25-11-9-20(16-24(22)25)13-15-36-19-21-6-2-1-3-7-21/h1-9,11,14,16,18,26-27,31H,10,12-13,15,17,19H2,(H,32,35)(H,33,34)/t26-,27+/m1/s1. The number of amides is 2. The van der Waals surface area contributed by atoms with Crippen molar-refractivity contribution in [3.05, 3.63) is 102 Å². The summed E-state index contributed by atoms with van der Waals surface area (Å²) in [6.07, 6.45) is 6.10. The van der Waals surface area contributed by atoms with Gasteiger partial charge in [0.1, 0.15) is 12.1 Å². The molecule has 2 amide bonds. The lowest BCUT2D eigenvalue weighted by atomic mass is 9.99. The maximum atomic E-state index is 12.7. The summed E-state index contributed by atoms with van der Waals surface area (Å²) in [5.74, 6) is -0.311.